The fourth-order valence-electron chi connectivity index (χ4n) is 5.74. The highest BCUT2D eigenvalue weighted by atomic mass is 16.6. The summed E-state index contributed by atoms with van der Waals surface area (Å²) in [5.41, 5.74) is 1.52. The van der Waals surface area contributed by atoms with Crippen LogP contribution in [-0.4, -0.2) is 68.4 Å². The number of aromatic nitrogens is 4. The number of fused-ring (bicyclic) bond motifs is 1. The number of hydrogen-bond donors (Lipinski definition) is 1. The van der Waals surface area contributed by atoms with E-state index in [-0.39, 0.29) is 42.1 Å². The molecular formula is C32H43N7O4. The summed E-state index contributed by atoms with van der Waals surface area (Å²) in [4.78, 5) is 55.9. The van der Waals surface area contributed by atoms with Crippen LogP contribution in [0.1, 0.15) is 89.2 Å². The molecule has 1 aliphatic carbocycles. The molecule has 3 aromatic heterocycles. The Labute approximate surface area is 253 Å². The molecule has 2 atom stereocenters. The zero-order valence-corrected chi connectivity index (χ0v) is 26.1. The Balaban J connectivity index is 1.31. The molecule has 0 aromatic carbocycles. The van der Waals surface area contributed by atoms with Crippen molar-refractivity contribution in [1.82, 2.24) is 24.4 Å². The average molecular weight is 590 g/mol. The van der Waals surface area contributed by atoms with Gasteiger partial charge in [-0.3, -0.25) is 14.4 Å². The maximum absolute atomic E-state index is 13.4. The molecule has 3 aromatic rings. The first kappa shape index (κ1) is 30.4. The van der Waals surface area contributed by atoms with Crippen LogP contribution in [0, 0.1) is 11.8 Å². The van der Waals surface area contributed by atoms with E-state index in [1.807, 2.05) is 39.0 Å². The zero-order valence-electron chi connectivity index (χ0n) is 26.1. The molecule has 5 rings (SSSR count). The minimum Gasteiger partial charge on any atom is -0.460 e. The Morgan fingerprint density at radius 3 is 2.49 bits per heavy atom. The van der Waals surface area contributed by atoms with Crippen LogP contribution >= 0.6 is 0 Å². The van der Waals surface area contributed by atoms with E-state index in [0.29, 0.717) is 36.1 Å². The normalized spacial score (nSPS) is 19.9. The van der Waals surface area contributed by atoms with E-state index in [4.69, 9.17) is 9.72 Å². The minimum atomic E-state index is -0.546. The van der Waals surface area contributed by atoms with Gasteiger partial charge in [-0.2, -0.15) is 4.98 Å². The minimum absolute atomic E-state index is 0.0174. The molecule has 0 spiro atoms. The molecular weight excluding hydrogens is 546 g/mol. The summed E-state index contributed by atoms with van der Waals surface area (Å²) in [7, 11) is 3.51. The molecule has 230 valence electrons. The molecule has 1 saturated carbocycles. The number of nitrogens with one attached hydrogen (secondary N) is 1. The fraction of sp³-hybridized carbons (Fsp3) is 0.562. The van der Waals surface area contributed by atoms with Crippen molar-refractivity contribution < 1.29 is 19.1 Å². The molecule has 2 aliphatic rings. The summed E-state index contributed by atoms with van der Waals surface area (Å²) < 4.78 is 7.56. The molecule has 0 bridgehead atoms. The van der Waals surface area contributed by atoms with Crippen molar-refractivity contribution in [1.29, 1.82) is 0 Å². The lowest BCUT2D eigenvalue weighted by Crippen LogP contribution is -2.38. The standard InChI is InChI=1S/C32H43N7O4/c1-20-10-11-21(15-28(41)43-32(2,3)4)14-27(40)38(19-20)24-12-13-26(33-18-24)35-31-34-17-22-16-25(30(42)37(5)6)39(29(22)36-31)23-8-7-9-23/h12-13,16-18,20-21,23H,7-11,14-15,19H2,1-6H3,(H,33,34,35,36). The second kappa shape index (κ2) is 12.3. The highest BCUT2D eigenvalue weighted by molar-refractivity contribution is 5.98. The van der Waals surface area contributed by atoms with Gasteiger partial charge in [0, 0.05) is 51.1 Å². The fourth-order valence-corrected chi connectivity index (χ4v) is 5.74. The number of nitrogens with zero attached hydrogens (tertiary/aromatic N) is 6. The molecule has 2 amide bonds. The highest BCUT2D eigenvalue weighted by Gasteiger charge is 2.30. The maximum Gasteiger partial charge on any atom is 0.306 e. The summed E-state index contributed by atoms with van der Waals surface area (Å²) in [6.45, 7) is 8.28. The van der Waals surface area contributed by atoms with Crippen LogP contribution in [0.5, 0.6) is 0 Å². The first-order valence-electron chi connectivity index (χ1n) is 15.2. The number of carbonyl (C=O) groups is 3. The summed E-state index contributed by atoms with van der Waals surface area (Å²) >= 11 is 0. The van der Waals surface area contributed by atoms with Gasteiger partial charge in [0.1, 0.15) is 22.8 Å². The molecule has 2 fully saturated rings. The SMILES string of the molecule is CC1CCC(CC(=O)OC(C)(C)C)CC(=O)N(c2ccc(Nc3ncc4cc(C(=O)N(C)C)n(C5CCC5)c4n3)nc2)C1. The van der Waals surface area contributed by atoms with Crippen LogP contribution in [0.2, 0.25) is 0 Å². The number of anilines is 3. The van der Waals surface area contributed by atoms with Gasteiger partial charge < -0.3 is 24.4 Å². The van der Waals surface area contributed by atoms with E-state index in [1.165, 1.54) is 0 Å². The number of carbonyl (C=O) groups excluding carboxylic acids is 3. The number of rotatable bonds is 7. The Hall–Kier alpha value is -4.02. The third-order valence-electron chi connectivity index (χ3n) is 8.14. The number of esters is 1. The van der Waals surface area contributed by atoms with E-state index in [2.05, 4.69) is 26.8 Å². The number of amides is 2. The molecule has 1 saturated heterocycles. The summed E-state index contributed by atoms with van der Waals surface area (Å²) in [6.07, 6.45) is 8.86. The Morgan fingerprint density at radius 2 is 1.86 bits per heavy atom. The van der Waals surface area contributed by atoms with Crippen molar-refractivity contribution >= 4 is 46.3 Å². The molecule has 1 aliphatic heterocycles. The van der Waals surface area contributed by atoms with Crippen LogP contribution in [0.15, 0.2) is 30.6 Å². The van der Waals surface area contributed by atoms with Crippen molar-refractivity contribution in [2.24, 2.45) is 11.8 Å². The van der Waals surface area contributed by atoms with E-state index < -0.39 is 5.60 Å². The molecule has 0 radical (unpaired) electrons. The lowest BCUT2D eigenvalue weighted by atomic mass is 9.88. The molecule has 11 nitrogen and oxygen atoms in total. The van der Waals surface area contributed by atoms with Crippen LogP contribution < -0.4 is 10.2 Å². The van der Waals surface area contributed by atoms with Crippen LogP contribution in [0.4, 0.5) is 17.5 Å². The predicted octanol–water partition coefficient (Wildman–Crippen LogP) is 5.50. The first-order valence-corrected chi connectivity index (χ1v) is 15.2. The average Bonchev–Trinajstić information content (AvgIpc) is 3.25. The van der Waals surface area contributed by atoms with Gasteiger partial charge in [0.25, 0.3) is 5.91 Å². The van der Waals surface area contributed by atoms with Gasteiger partial charge in [-0.25, -0.2) is 9.97 Å². The van der Waals surface area contributed by atoms with Gasteiger partial charge in [0.2, 0.25) is 11.9 Å². The number of pyridine rings is 1. The van der Waals surface area contributed by atoms with Gasteiger partial charge in [-0.05, 0) is 82.9 Å². The van der Waals surface area contributed by atoms with Gasteiger partial charge in [0.15, 0.2) is 0 Å². The maximum atomic E-state index is 13.4. The zero-order chi connectivity index (χ0) is 30.9. The van der Waals surface area contributed by atoms with Crippen molar-refractivity contribution in [3.8, 4) is 0 Å². The number of ether oxygens (including phenoxy) is 1. The molecule has 11 heteroatoms. The smallest absolute Gasteiger partial charge is 0.306 e. The monoisotopic (exact) mass is 589 g/mol. The van der Waals surface area contributed by atoms with E-state index in [9.17, 15) is 14.4 Å². The second-order valence-corrected chi connectivity index (χ2v) is 13.2. The Bertz CT molecular complexity index is 1490. The lowest BCUT2D eigenvalue weighted by molar-refractivity contribution is -0.156. The van der Waals surface area contributed by atoms with E-state index in [1.54, 1.807) is 36.3 Å². The summed E-state index contributed by atoms with van der Waals surface area (Å²) in [6, 6.07) is 5.79. The van der Waals surface area contributed by atoms with E-state index >= 15 is 0 Å². The predicted molar refractivity (Wildman–Crippen MR) is 165 cm³/mol. The molecule has 2 unspecified atom stereocenters. The van der Waals surface area contributed by atoms with Crippen molar-refractivity contribution in [3.05, 3.63) is 36.3 Å². The third kappa shape index (κ3) is 7.14. The van der Waals surface area contributed by atoms with Crippen molar-refractivity contribution in [2.45, 2.75) is 84.3 Å². The number of hydrogen-bond acceptors (Lipinski definition) is 8. The highest BCUT2D eigenvalue weighted by Crippen LogP contribution is 2.36. The van der Waals surface area contributed by atoms with Crippen molar-refractivity contribution in [3.63, 3.8) is 0 Å². The van der Waals surface area contributed by atoms with Gasteiger partial charge >= 0.3 is 5.97 Å². The Morgan fingerprint density at radius 1 is 1.09 bits per heavy atom. The quantitative estimate of drug-likeness (QED) is 0.359. The van der Waals surface area contributed by atoms with Crippen LogP contribution in [0.3, 0.4) is 0 Å². The molecule has 1 N–H and O–H groups in total. The van der Waals surface area contributed by atoms with Crippen molar-refractivity contribution in [2.75, 3.05) is 30.9 Å². The summed E-state index contributed by atoms with van der Waals surface area (Å²) in [5.74, 6) is 0.821. The molecule has 43 heavy (non-hydrogen) atoms. The van der Waals surface area contributed by atoms with Gasteiger partial charge in [0.05, 0.1) is 11.9 Å². The topological polar surface area (TPSA) is 123 Å². The summed E-state index contributed by atoms with van der Waals surface area (Å²) in [5, 5.41) is 4.00. The second-order valence-electron chi connectivity index (χ2n) is 13.2. The van der Waals surface area contributed by atoms with Crippen LogP contribution in [0.25, 0.3) is 11.0 Å². The van der Waals surface area contributed by atoms with Crippen LogP contribution in [-0.2, 0) is 14.3 Å². The molecule has 4 heterocycles. The lowest BCUT2D eigenvalue weighted by Gasteiger charge is -2.31. The van der Waals surface area contributed by atoms with E-state index in [0.717, 1.165) is 43.1 Å². The Kier molecular flexibility index (Phi) is 8.71. The largest absolute Gasteiger partial charge is 0.460 e. The van der Waals surface area contributed by atoms with Gasteiger partial charge in [-0.1, -0.05) is 6.92 Å². The third-order valence-corrected chi connectivity index (χ3v) is 8.14. The van der Waals surface area contributed by atoms with Gasteiger partial charge in [-0.15, -0.1) is 0 Å². The first-order chi connectivity index (χ1) is 20.4.